The molecule has 3 aromatic rings. The zero-order chi connectivity index (χ0) is 21.2. The molecule has 0 fully saturated rings. The molecule has 0 saturated carbocycles. The van der Waals surface area contributed by atoms with Gasteiger partial charge in [-0.15, -0.1) is 0 Å². The maximum absolute atomic E-state index is 12.5. The van der Waals surface area contributed by atoms with Crippen molar-refractivity contribution in [3.05, 3.63) is 102 Å². The second kappa shape index (κ2) is 10.5. The average Bonchev–Trinajstić information content (AvgIpc) is 2.78. The zero-order valence-corrected chi connectivity index (χ0v) is 16.4. The lowest BCUT2D eigenvalue weighted by Gasteiger charge is -2.25. The molecule has 3 N–H and O–H groups in total. The van der Waals surface area contributed by atoms with Crippen LogP contribution in [-0.2, 0) is 16.1 Å². The molecular formula is C24H23N3O3. The maximum atomic E-state index is 12.5. The van der Waals surface area contributed by atoms with Gasteiger partial charge in [-0.25, -0.2) is 0 Å². The van der Waals surface area contributed by atoms with Crippen LogP contribution in [0.25, 0.3) is 6.08 Å². The monoisotopic (exact) mass is 401 g/mol. The summed E-state index contributed by atoms with van der Waals surface area (Å²) >= 11 is 0. The summed E-state index contributed by atoms with van der Waals surface area (Å²) in [6, 6.07) is 26.6. The number of hydrazine groups is 1. The molecule has 30 heavy (non-hydrogen) atoms. The second-order valence-electron chi connectivity index (χ2n) is 6.54. The van der Waals surface area contributed by atoms with Gasteiger partial charge in [0.15, 0.2) is 6.61 Å². The number of hydrogen-bond donors (Lipinski definition) is 2. The van der Waals surface area contributed by atoms with Crippen molar-refractivity contribution in [1.82, 2.24) is 5.43 Å². The number of hydrogen-bond acceptors (Lipinski definition) is 4. The van der Waals surface area contributed by atoms with Crippen molar-refractivity contribution >= 4 is 23.6 Å². The third-order valence-electron chi connectivity index (χ3n) is 4.18. The zero-order valence-electron chi connectivity index (χ0n) is 16.4. The number of nitrogens with two attached hydrogens (primary N) is 1. The Morgan fingerprint density at radius 3 is 2.17 bits per heavy atom. The summed E-state index contributed by atoms with van der Waals surface area (Å²) in [5.41, 5.74) is 10.8. The number of ether oxygens (including phenoxy) is 1. The molecule has 6 nitrogen and oxygen atoms in total. The lowest BCUT2D eigenvalue weighted by Crippen LogP contribution is -2.41. The van der Waals surface area contributed by atoms with Crippen LogP contribution in [0.4, 0.5) is 5.69 Å². The van der Waals surface area contributed by atoms with E-state index in [0.717, 1.165) is 16.8 Å². The van der Waals surface area contributed by atoms with Crippen molar-refractivity contribution in [3.63, 3.8) is 0 Å². The number of nitrogens with one attached hydrogen (secondary N) is 1. The van der Waals surface area contributed by atoms with E-state index in [2.05, 4.69) is 5.43 Å². The summed E-state index contributed by atoms with van der Waals surface area (Å²) in [5, 5.41) is 1.81. The molecule has 152 valence electrons. The molecule has 0 aromatic heterocycles. The first-order valence-corrected chi connectivity index (χ1v) is 9.46. The van der Waals surface area contributed by atoms with Crippen LogP contribution in [0.2, 0.25) is 0 Å². The van der Waals surface area contributed by atoms with E-state index < -0.39 is 5.91 Å². The molecule has 6 heteroatoms. The van der Waals surface area contributed by atoms with E-state index in [9.17, 15) is 9.59 Å². The Balaban J connectivity index is 1.64. The molecule has 0 saturated heterocycles. The van der Waals surface area contributed by atoms with Gasteiger partial charge in [0.2, 0.25) is 0 Å². The van der Waals surface area contributed by atoms with E-state index in [1.54, 1.807) is 30.3 Å². The smallest absolute Gasteiger partial charge is 0.262 e. The number of carbonyl (C=O) groups excluding carboxylic acids is 2. The van der Waals surface area contributed by atoms with Crippen LogP contribution in [0, 0.1) is 0 Å². The Hall–Kier alpha value is -4.06. The largest absolute Gasteiger partial charge is 0.484 e. The highest BCUT2D eigenvalue weighted by Crippen LogP contribution is 2.15. The van der Waals surface area contributed by atoms with Crippen LogP contribution in [-0.4, -0.2) is 18.4 Å². The minimum absolute atomic E-state index is 0.172. The first kappa shape index (κ1) is 20.7. The number of rotatable bonds is 9. The topological polar surface area (TPSA) is 84.7 Å². The Kier molecular flexibility index (Phi) is 7.22. The van der Waals surface area contributed by atoms with Crippen molar-refractivity contribution in [2.75, 3.05) is 11.6 Å². The summed E-state index contributed by atoms with van der Waals surface area (Å²) < 4.78 is 5.22. The quantitative estimate of drug-likeness (QED) is 0.426. The normalized spacial score (nSPS) is 10.5. The van der Waals surface area contributed by atoms with E-state index in [4.69, 9.17) is 10.5 Å². The molecule has 0 aliphatic heterocycles. The van der Waals surface area contributed by atoms with Gasteiger partial charge in [0.05, 0.1) is 12.2 Å². The molecule has 0 radical (unpaired) electrons. The Labute approximate surface area is 175 Å². The second-order valence-corrected chi connectivity index (χ2v) is 6.54. The van der Waals surface area contributed by atoms with Gasteiger partial charge in [-0.05, 0) is 41.5 Å². The fourth-order valence-electron chi connectivity index (χ4n) is 2.74. The number of amides is 2. The molecule has 0 aliphatic carbocycles. The van der Waals surface area contributed by atoms with Gasteiger partial charge in [0.25, 0.3) is 11.8 Å². The molecule has 2 amide bonds. The van der Waals surface area contributed by atoms with Crippen molar-refractivity contribution in [2.45, 2.75) is 6.54 Å². The van der Waals surface area contributed by atoms with Crippen LogP contribution in [0.3, 0.4) is 0 Å². The lowest BCUT2D eigenvalue weighted by molar-refractivity contribution is -0.120. The number of primary amides is 1. The van der Waals surface area contributed by atoms with Gasteiger partial charge in [-0.1, -0.05) is 60.7 Å². The van der Waals surface area contributed by atoms with Gasteiger partial charge >= 0.3 is 0 Å². The number of para-hydroxylation sites is 1. The summed E-state index contributed by atoms with van der Waals surface area (Å²) in [6.07, 6.45) is 3.18. The SMILES string of the molecule is NC(=O)COc1ccc(/C=C/C(=O)NN(Cc2ccccc2)c2ccccc2)cc1. The van der Waals surface area contributed by atoms with Gasteiger partial charge in [-0.2, -0.15) is 0 Å². The van der Waals surface area contributed by atoms with Gasteiger partial charge in [0.1, 0.15) is 5.75 Å². The fraction of sp³-hybridized carbons (Fsp3) is 0.0833. The molecule has 0 spiro atoms. The highest BCUT2D eigenvalue weighted by Gasteiger charge is 2.09. The number of carbonyl (C=O) groups is 2. The van der Waals surface area contributed by atoms with Crippen LogP contribution < -0.4 is 20.9 Å². The van der Waals surface area contributed by atoms with E-state index in [1.165, 1.54) is 6.08 Å². The molecule has 3 rings (SSSR count). The highest BCUT2D eigenvalue weighted by atomic mass is 16.5. The molecule has 0 unspecified atom stereocenters. The molecule has 3 aromatic carbocycles. The van der Waals surface area contributed by atoms with Crippen molar-refractivity contribution < 1.29 is 14.3 Å². The van der Waals surface area contributed by atoms with Crippen LogP contribution in [0.5, 0.6) is 5.75 Å². The molecular weight excluding hydrogens is 378 g/mol. The molecule has 0 heterocycles. The van der Waals surface area contributed by atoms with Crippen LogP contribution >= 0.6 is 0 Å². The summed E-state index contributed by atoms with van der Waals surface area (Å²) in [7, 11) is 0. The van der Waals surface area contributed by atoms with E-state index in [1.807, 2.05) is 65.7 Å². The van der Waals surface area contributed by atoms with E-state index in [-0.39, 0.29) is 12.5 Å². The predicted octanol–water partition coefficient (Wildman–Crippen LogP) is 3.30. The van der Waals surface area contributed by atoms with Crippen molar-refractivity contribution in [1.29, 1.82) is 0 Å². The van der Waals surface area contributed by atoms with Crippen molar-refractivity contribution in [2.24, 2.45) is 5.73 Å². The highest BCUT2D eigenvalue weighted by molar-refractivity contribution is 5.92. The Morgan fingerprint density at radius 2 is 1.53 bits per heavy atom. The van der Waals surface area contributed by atoms with E-state index >= 15 is 0 Å². The maximum Gasteiger partial charge on any atom is 0.262 e. The molecule has 0 atom stereocenters. The number of benzene rings is 3. The summed E-state index contributed by atoms with van der Waals surface area (Å²) in [6.45, 7) is 0.366. The number of anilines is 1. The molecule has 0 bridgehead atoms. The minimum Gasteiger partial charge on any atom is -0.484 e. The third kappa shape index (κ3) is 6.53. The molecule has 0 aliphatic rings. The predicted molar refractivity (Wildman–Crippen MR) is 117 cm³/mol. The van der Waals surface area contributed by atoms with Gasteiger partial charge in [0, 0.05) is 6.08 Å². The van der Waals surface area contributed by atoms with Gasteiger partial charge in [-0.3, -0.25) is 20.0 Å². The Morgan fingerprint density at radius 1 is 0.900 bits per heavy atom. The summed E-state index contributed by atoms with van der Waals surface area (Å²) in [5.74, 6) is -0.244. The standard InChI is InChI=1S/C24H23N3O3/c25-23(28)18-30-22-14-11-19(12-15-22)13-16-24(29)26-27(21-9-5-2-6-10-21)17-20-7-3-1-4-8-20/h1-16H,17-18H2,(H2,25,28)(H,26,29)/b16-13+. The first-order chi connectivity index (χ1) is 14.6. The van der Waals surface area contributed by atoms with Crippen LogP contribution in [0.15, 0.2) is 91.0 Å². The summed E-state index contributed by atoms with van der Waals surface area (Å²) in [4.78, 5) is 23.3. The Bertz CT molecular complexity index is 987. The van der Waals surface area contributed by atoms with Gasteiger partial charge < -0.3 is 10.5 Å². The fourth-order valence-corrected chi connectivity index (χ4v) is 2.74. The number of nitrogens with zero attached hydrogens (tertiary/aromatic N) is 1. The third-order valence-corrected chi connectivity index (χ3v) is 4.18. The van der Waals surface area contributed by atoms with Crippen LogP contribution in [0.1, 0.15) is 11.1 Å². The minimum atomic E-state index is -0.533. The lowest BCUT2D eigenvalue weighted by atomic mass is 10.2. The van der Waals surface area contributed by atoms with E-state index in [0.29, 0.717) is 12.3 Å². The average molecular weight is 401 g/mol. The first-order valence-electron chi connectivity index (χ1n) is 9.46. The van der Waals surface area contributed by atoms with Crippen molar-refractivity contribution in [3.8, 4) is 5.75 Å².